The topological polar surface area (TPSA) is 145 Å². The third-order valence-corrected chi connectivity index (χ3v) is 12.4. The molecule has 2 amide bonds. The predicted octanol–water partition coefficient (Wildman–Crippen LogP) is 4.87. The molecule has 3 aliphatic rings. The lowest BCUT2D eigenvalue weighted by molar-refractivity contribution is 0.0372. The number of hydrogen-bond acceptors (Lipinski definition) is 8. The minimum absolute atomic E-state index is 0.00424. The number of alkyl carbamates (subject to hydrolysis) is 1. The van der Waals surface area contributed by atoms with E-state index >= 15 is 0 Å². The van der Waals surface area contributed by atoms with E-state index in [9.17, 15) is 22.4 Å². The number of amides is 2. The summed E-state index contributed by atoms with van der Waals surface area (Å²) >= 11 is 0. The summed E-state index contributed by atoms with van der Waals surface area (Å²) < 4.78 is 54.5. The van der Waals surface area contributed by atoms with Crippen molar-refractivity contribution in [1.29, 1.82) is 0 Å². The van der Waals surface area contributed by atoms with Crippen molar-refractivity contribution in [1.82, 2.24) is 14.2 Å². The first kappa shape index (κ1) is 34.2. The molecule has 1 saturated carbocycles. The first-order chi connectivity index (χ1) is 23.0. The highest BCUT2D eigenvalue weighted by Crippen LogP contribution is 2.46. The molecule has 2 fully saturated rings. The van der Waals surface area contributed by atoms with E-state index in [1.54, 1.807) is 18.2 Å². The number of anilines is 1. The second-order valence-corrected chi connectivity index (χ2v) is 15.2. The molecule has 6 rings (SSSR count). The maximum atomic E-state index is 14.5. The Morgan fingerprint density at radius 3 is 2.48 bits per heavy atom. The fourth-order valence-corrected chi connectivity index (χ4v) is 9.92. The van der Waals surface area contributed by atoms with Crippen LogP contribution in [0.5, 0.6) is 0 Å². The summed E-state index contributed by atoms with van der Waals surface area (Å²) in [6, 6.07) is 9.57. The summed E-state index contributed by atoms with van der Waals surface area (Å²) in [6.07, 6.45) is 4.04. The largest absolute Gasteiger partial charge is 0.446 e. The van der Waals surface area contributed by atoms with Gasteiger partial charge >= 0.3 is 6.09 Å². The second-order valence-electron chi connectivity index (χ2n) is 13.4. The number of fused-ring (bicyclic) bond motifs is 3. The molecule has 0 radical (unpaired) electrons. The Kier molecular flexibility index (Phi) is 10.0. The molecule has 0 atom stereocenters. The van der Waals surface area contributed by atoms with Crippen LogP contribution in [0.25, 0.3) is 22.0 Å². The van der Waals surface area contributed by atoms with Crippen LogP contribution < -0.4 is 16.4 Å². The van der Waals surface area contributed by atoms with Gasteiger partial charge < -0.3 is 25.8 Å². The van der Waals surface area contributed by atoms with Gasteiger partial charge in [-0.2, -0.15) is 0 Å². The zero-order chi connectivity index (χ0) is 34.1. The average molecular weight is 684 g/mol. The average Bonchev–Trinajstić information content (AvgIpc) is 3.39. The quantitative estimate of drug-likeness (QED) is 0.275. The molecule has 260 valence electrons. The molecule has 0 spiro atoms. The lowest BCUT2D eigenvalue weighted by Crippen LogP contribution is -2.42. The fourth-order valence-electron chi connectivity index (χ4n) is 7.56. The number of hydrogen-bond donors (Lipinski definition) is 3. The zero-order valence-corrected chi connectivity index (χ0v) is 28.5. The molecule has 3 heterocycles. The van der Waals surface area contributed by atoms with Crippen molar-refractivity contribution in [2.45, 2.75) is 70.9 Å². The van der Waals surface area contributed by atoms with Crippen molar-refractivity contribution in [2.75, 3.05) is 50.5 Å². The first-order valence-electron chi connectivity index (χ1n) is 17.0. The molecule has 4 N–H and O–H groups in total. The molecular weight excluding hydrogens is 637 g/mol. The van der Waals surface area contributed by atoms with E-state index in [1.165, 1.54) is 16.1 Å². The van der Waals surface area contributed by atoms with E-state index in [-0.39, 0.29) is 17.9 Å². The van der Waals surface area contributed by atoms with Crippen molar-refractivity contribution >= 4 is 38.6 Å². The summed E-state index contributed by atoms with van der Waals surface area (Å²) in [5, 5.41) is 7.00. The summed E-state index contributed by atoms with van der Waals surface area (Å²) in [4.78, 5) is 27.2. The number of ether oxygens (including phenoxy) is 2. The highest BCUT2D eigenvalue weighted by molar-refractivity contribution is 7.90. The normalized spacial score (nSPS) is 22.1. The van der Waals surface area contributed by atoms with Gasteiger partial charge in [-0.05, 0) is 86.3 Å². The Balaban J connectivity index is 1.21. The molecule has 1 saturated heterocycles. The van der Waals surface area contributed by atoms with E-state index in [2.05, 4.69) is 15.5 Å². The van der Waals surface area contributed by atoms with Crippen molar-refractivity contribution in [2.24, 2.45) is 11.1 Å². The number of morpholine rings is 1. The molecule has 2 aromatic carbocycles. The predicted molar refractivity (Wildman–Crippen MR) is 183 cm³/mol. The number of aromatic nitrogens is 1. The smallest absolute Gasteiger partial charge is 0.407 e. The Morgan fingerprint density at radius 1 is 1.06 bits per heavy atom. The Hall–Kier alpha value is -3.68. The van der Waals surface area contributed by atoms with Gasteiger partial charge in [0.15, 0.2) is 0 Å². The van der Waals surface area contributed by atoms with Crippen LogP contribution in [-0.4, -0.2) is 86.6 Å². The Bertz CT molecular complexity index is 1780. The van der Waals surface area contributed by atoms with E-state index in [0.717, 1.165) is 30.8 Å². The highest BCUT2D eigenvalue weighted by atomic mass is 32.2. The molecule has 0 bridgehead atoms. The summed E-state index contributed by atoms with van der Waals surface area (Å²) in [6.45, 7) is 8.44. The van der Waals surface area contributed by atoms with Crippen LogP contribution in [0.4, 0.5) is 14.9 Å². The summed E-state index contributed by atoms with van der Waals surface area (Å²) in [5.74, 6) is -1.10. The van der Waals surface area contributed by atoms with Crippen LogP contribution in [-0.2, 0) is 25.9 Å². The van der Waals surface area contributed by atoms with Gasteiger partial charge in [0.05, 0.1) is 30.0 Å². The number of nitrogens with one attached hydrogen (secondary N) is 2. The van der Waals surface area contributed by atoms with Gasteiger partial charge in [-0.3, -0.25) is 9.69 Å². The fraction of sp³-hybridized carbons (Fsp3) is 0.543. The van der Waals surface area contributed by atoms with Crippen molar-refractivity contribution < 1.29 is 31.9 Å². The minimum atomic E-state index is -3.77. The summed E-state index contributed by atoms with van der Waals surface area (Å²) in [7, 11) is -3.77. The van der Waals surface area contributed by atoms with Crippen LogP contribution in [0, 0.1) is 11.2 Å². The van der Waals surface area contributed by atoms with Crippen LogP contribution in [0.3, 0.4) is 0 Å². The summed E-state index contributed by atoms with van der Waals surface area (Å²) in [5.41, 5.74) is 8.62. The molecular formula is C35H46FN5O6S. The van der Waals surface area contributed by atoms with Crippen LogP contribution in [0.1, 0.15) is 68.4 Å². The van der Waals surface area contributed by atoms with Crippen LogP contribution >= 0.6 is 0 Å². The van der Waals surface area contributed by atoms with E-state index in [0.29, 0.717) is 92.6 Å². The third-order valence-electron chi connectivity index (χ3n) is 10.5. The molecule has 1 aromatic heterocycles. The number of halogens is 1. The molecule has 13 heteroatoms. The number of nitrogens with two attached hydrogens (primary N) is 1. The number of rotatable bonds is 10. The molecule has 11 nitrogen and oxygen atoms in total. The van der Waals surface area contributed by atoms with E-state index in [4.69, 9.17) is 15.2 Å². The molecule has 0 unspecified atom stereocenters. The maximum absolute atomic E-state index is 14.5. The number of benzene rings is 2. The Morgan fingerprint density at radius 2 is 1.79 bits per heavy atom. The second kappa shape index (κ2) is 14.0. The van der Waals surface area contributed by atoms with Crippen LogP contribution in [0.15, 0.2) is 36.4 Å². The highest BCUT2D eigenvalue weighted by Gasteiger charge is 2.42. The SMILES string of the molecule is CCC1(CC)Cc2c(-c3ccc(C(N)=O)c(NC4CCC(OC(=O)NCCN5CCOCC5)CC4)c3)c3ccc(F)cc3n2S(=O)(=O)C1. The lowest BCUT2D eigenvalue weighted by Gasteiger charge is -2.36. The van der Waals surface area contributed by atoms with Gasteiger partial charge in [-0.1, -0.05) is 19.9 Å². The number of primary amides is 1. The van der Waals surface area contributed by atoms with Crippen LogP contribution in [0.2, 0.25) is 0 Å². The minimum Gasteiger partial charge on any atom is -0.446 e. The van der Waals surface area contributed by atoms with Gasteiger partial charge in [0.2, 0.25) is 10.0 Å². The molecule has 1 aliphatic carbocycles. The van der Waals surface area contributed by atoms with Gasteiger partial charge in [-0.15, -0.1) is 0 Å². The first-order valence-corrected chi connectivity index (χ1v) is 18.6. The van der Waals surface area contributed by atoms with Gasteiger partial charge in [0.1, 0.15) is 11.9 Å². The third kappa shape index (κ3) is 7.04. The number of carbonyl (C=O) groups excluding carboxylic acids is 2. The molecule has 3 aromatic rings. The number of carbonyl (C=O) groups is 2. The van der Waals surface area contributed by atoms with Gasteiger partial charge in [0.25, 0.3) is 5.91 Å². The Labute approximate surface area is 281 Å². The van der Waals surface area contributed by atoms with E-state index < -0.39 is 33.3 Å². The molecule has 2 aliphatic heterocycles. The monoisotopic (exact) mass is 683 g/mol. The maximum Gasteiger partial charge on any atom is 0.407 e. The zero-order valence-electron chi connectivity index (χ0n) is 27.7. The van der Waals surface area contributed by atoms with Gasteiger partial charge in [-0.25, -0.2) is 21.6 Å². The standard InChI is InChI=1S/C35H46FN5O6S/c1-3-35(4-2)21-31-32(28-12-6-24(36)20-30(28)41(31)48(44,45)22-35)23-5-11-27(33(37)42)29(19-23)39-25-7-9-26(10-8-25)47-34(43)38-13-14-40-15-17-46-18-16-40/h5-6,11-12,19-20,25-26,39H,3-4,7-10,13-18,21-22H2,1-2H3,(H2,37,42)(H,38,43). The number of nitrogens with zero attached hydrogens (tertiary/aromatic N) is 2. The van der Waals surface area contributed by atoms with Crippen molar-refractivity contribution in [3.05, 3.63) is 53.5 Å². The van der Waals surface area contributed by atoms with E-state index in [1.807, 2.05) is 19.9 Å². The van der Waals surface area contributed by atoms with Crippen molar-refractivity contribution in [3.8, 4) is 11.1 Å². The van der Waals surface area contributed by atoms with Crippen molar-refractivity contribution in [3.63, 3.8) is 0 Å². The lowest BCUT2D eigenvalue weighted by atomic mass is 9.78. The molecule has 48 heavy (non-hydrogen) atoms. The van der Waals surface area contributed by atoms with Gasteiger partial charge in [0, 0.05) is 54.6 Å².